The molecule has 1 amide bonds. The minimum absolute atomic E-state index is 0.148. The van der Waals surface area contributed by atoms with Gasteiger partial charge in [0.25, 0.3) is 0 Å². The Bertz CT molecular complexity index is 570. The van der Waals surface area contributed by atoms with Crippen LogP contribution in [0.5, 0.6) is 0 Å². The molecule has 4 aliphatic carbocycles. The van der Waals surface area contributed by atoms with E-state index in [-0.39, 0.29) is 5.91 Å². The Balaban J connectivity index is 1.33. The Hall–Kier alpha value is -1.10. The summed E-state index contributed by atoms with van der Waals surface area (Å²) in [7, 11) is 0. The fourth-order valence-electron chi connectivity index (χ4n) is 5.28. The Morgan fingerprint density at radius 2 is 1.65 bits per heavy atom. The van der Waals surface area contributed by atoms with Crippen molar-refractivity contribution in [2.45, 2.75) is 57.1 Å². The molecule has 4 saturated carbocycles. The summed E-state index contributed by atoms with van der Waals surface area (Å²) in [5.41, 5.74) is 1.92. The largest absolute Gasteiger partial charge is 0.352 e. The van der Waals surface area contributed by atoms with Crippen LogP contribution in [0.2, 0.25) is 0 Å². The molecule has 1 N–H and O–H groups in total. The summed E-state index contributed by atoms with van der Waals surface area (Å²) in [5, 5.41) is 4.06. The van der Waals surface area contributed by atoms with Gasteiger partial charge in [0.15, 0.2) is 5.16 Å². The summed E-state index contributed by atoms with van der Waals surface area (Å²) in [4.78, 5) is 21.2. The predicted molar refractivity (Wildman–Crippen MR) is 91.2 cm³/mol. The van der Waals surface area contributed by atoms with Crippen molar-refractivity contribution < 1.29 is 4.79 Å². The standard InChI is InChI=1S/C18H25N3OS/c1-10-3-11(2)20-18(19-10)23-9-16(22)21-17-14-5-12-4-13(7-14)8-15(17)6-12/h3,12-15,17H,4-9H2,1-2H3,(H,21,22). The second-order valence-corrected chi connectivity index (χ2v) is 8.69. The number of aromatic nitrogens is 2. The van der Waals surface area contributed by atoms with Gasteiger partial charge in [0.2, 0.25) is 5.91 Å². The number of amides is 1. The van der Waals surface area contributed by atoms with E-state index in [0.29, 0.717) is 17.0 Å². The molecule has 0 radical (unpaired) electrons. The monoisotopic (exact) mass is 331 g/mol. The number of nitrogens with zero attached hydrogens (tertiary/aromatic N) is 2. The van der Waals surface area contributed by atoms with Crippen LogP contribution in [-0.2, 0) is 4.79 Å². The van der Waals surface area contributed by atoms with Gasteiger partial charge in [-0.3, -0.25) is 4.79 Å². The van der Waals surface area contributed by atoms with Crippen molar-refractivity contribution in [2.24, 2.45) is 23.7 Å². The molecule has 1 aromatic heterocycles. The molecule has 0 saturated heterocycles. The number of hydrogen-bond donors (Lipinski definition) is 1. The first-order valence-electron chi connectivity index (χ1n) is 8.81. The number of carbonyl (C=O) groups is 1. The van der Waals surface area contributed by atoms with Gasteiger partial charge in [0, 0.05) is 17.4 Å². The van der Waals surface area contributed by atoms with Gasteiger partial charge in [-0.2, -0.15) is 0 Å². The van der Waals surface area contributed by atoms with Gasteiger partial charge in [0.1, 0.15) is 0 Å². The molecular weight excluding hydrogens is 306 g/mol. The fraction of sp³-hybridized carbons (Fsp3) is 0.722. The van der Waals surface area contributed by atoms with Crippen molar-refractivity contribution in [3.8, 4) is 0 Å². The smallest absolute Gasteiger partial charge is 0.230 e. The molecule has 0 spiro atoms. The predicted octanol–water partition coefficient (Wildman–Crippen LogP) is 3.13. The highest BCUT2D eigenvalue weighted by Crippen LogP contribution is 2.53. The van der Waals surface area contributed by atoms with Crippen LogP contribution in [0.25, 0.3) is 0 Å². The summed E-state index contributed by atoms with van der Waals surface area (Å²) in [6.45, 7) is 3.93. The second kappa shape index (κ2) is 6.08. The molecule has 0 aliphatic heterocycles. The van der Waals surface area contributed by atoms with Gasteiger partial charge in [-0.25, -0.2) is 9.97 Å². The summed E-state index contributed by atoms with van der Waals surface area (Å²) < 4.78 is 0. The minimum atomic E-state index is 0.148. The van der Waals surface area contributed by atoms with Crippen molar-refractivity contribution in [1.82, 2.24) is 15.3 Å². The van der Waals surface area contributed by atoms with Gasteiger partial charge in [-0.1, -0.05) is 11.8 Å². The normalized spacial score (nSPS) is 34.6. The highest BCUT2D eigenvalue weighted by Gasteiger charge is 2.48. The molecule has 4 bridgehead atoms. The lowest BCUT2D eigenvalue weighted by molar-refractivity contribution is -0.122. The third kappa shape index (κ3) is 3.25. The molecule has 4 aliphatic rings. The topological polar surface area (TPSA) is 54.9 Å². The van der Waals surface area contributed by atoms with Crippen molar-refractivity contribution in [1.29, 1.82) is 0 Å². The first-order chi connectivity index (χ1) is 11.1. The first kappa shape index (κ1) is 15.4. The van der Waals surface area contributed by atoms with Gasteiger partial charge in [-0.05, 0) is 75.7 Å². The molecule has 1 aromatic rings. The highest BCUT2D eigenvalue weighted by atomic mass is 32.2. The molecule has 0 atom stereocenters. The van der Waals surface area contributed by atoms with E-state index in [9.17, 15) is 4.79 Å². The molecule has 0 unspecified atom stereocenters. The van der Waals surface area contributed by atoms with Gasteiger partial charge in [-0.15, -0.1) is 0 Å². The van der Waals surface area contributed by atoms with E-state index in [1.165, 1.54) is 43.9 Å². The fourth-order valence-corrected chi connectivity index (χ4v) is 6.04. The Kier molecular flexibility index (Phi) is 4.08. The van der Waals surface area contributed by atoms with Crippen LogP contribution in [-0.4, -0.2) is 27.7 Å². The van der Waals surface area contributed by atoms with Gasteiger partial charge >= 0.3 is 0 Å². The molecule has 4 nitrogen and oxygen atoms in total. The number of thioether (sulfide) groups is 1. The number of aryl methyl sites for hydroxylation is 2. The van der Waals surface area contributed by atoms with Crippen molar-refractivity contribution in [2.75, 3.05) is 5.75 Å². The maximum Gasteiger partial charge on any atom is 0.230 e. The molecule has 124 valence electrons. The molecular formula is C18H25N3OS. The summed E-state index contributed by atoms with van der Waals surface area (Å²) >= 11 is 1.45. The third-order valence-corrected chi connectivity index (χ3v) is 6.70. The van der Waals surface area contributed by atoms with Gasteiger partial charge < -0.3 is 5.32 Å². The summed E-state index contributed by atoms with van der Waals surface area (Å²) in [6.07, 6.45) is 6.81. The van der Waals surface area contributed by atoms with Crippen LogP contribution in [0.1, 0.15) is 43.5 Å². The summed E-state index contributed by atoms with van der Waals surface area (Å²) in [6, 6.07) is 2.38. The minimum Gasteiger partial charge on any atom is -0.352 e. The Labute approximate surface area is 142 Å². The highest BCUT2D eigenvalue weighted by molar-refractivity contribution is 7.99. The van der Waals surface area contributed by atoms with Crippen LogP contribution < -0.4 is 5.32 Å². The van der Waals surface area contributed by atoms with E-state index in [1.54, 1.807) is 0 Å². The molecule has 4 fully saturated rings. The number of hydrogen-bond acceptors (Lipinski definition) is 4. The molecule has 23 heavy (non-hydrogen) atoms. The van der Waals surface area contributed by atoms with E-state index >= 15 is 0 Å². The molecule has 1 heterocycles. The van der Waals surface area contributed by atoms with Crippen LogP contribution in [0.4, 0.5) is 0 Å². The molecule has 0 aromatic carbocycles. The molecule has 5 rings (SSSR count). The van der Waals surface area contributed by atoms with Crippen molar-refractivity contribution in [3.63, 3.8) is 0 Å². The number of carbonyl (C=O) groups excluding carboxylic acids is 1. The first-order valence-corrected chi connectivity index (χ1v) is 9.80. The SMILES string of the molecule is Cc1cc(C)nc(SCC(=O)NC2C3CC4CC(C3)CC2C4)n1. The van der Waals surface area contributed by atoms with E-state index < -0.39 is 0 Å². The Morgan fingerprint density at radius 3 is 2.22 bits per heavy atom. The molecule has 5 heteroatoms. The third-order valence-electron chi connectivity index (χ3n) is 5.85. The maximum atomic E-state index is 12.4. The van der Waals surface area contributed by atoms with Crippen molar-refractivity contribution >= 4 is 17.7 Å². The zero-order valence-corrected chi connectivity index (χ0v) is 14.7. The van der Waals surface area contributed by atoms with Crippen LogP contribution in [0.3, 0.4) is 0 Å². The zero-order chi connectivity index (χ0) is 16.0. The second-order valence-electron chi connectivity index (χ2n) is 7.75. The average Bonchev–Trinajstić information content (AvgIpc) is 2.47. The van der Waals surface area contributed by atoms with Gasteiger partial charge in [0.05, 0.1) is 5.75 Å². The lowest BCUT2D eigenvalue weighted by atomic mass is 9.54. The lowest BCUT2D eigenvalue weighted by Crippen LogP contribution is -2.56. The zero-order valence-electron chi connectivity index (χ0n) is 13.9. The maximum absolute atomic E-state index is 12.4. The lowest BCUT2D eigenvalue weighted by Gasteiger charge is -2.54. The van der Waals surface area contributed by atoms with Crippen LogP contribution in [0, 0.1) is 37.5 Å². The summed E-state index contributed by atoms with van der Waals surface area (Å²) in [5.74, 6) is 3.93. The van der Waals surface area contributed by atoms with Crippen LogP contribution >= 0.6 is 11.8 Å². The average molecular weight is 331 g/mol. The van der Waals surface area contributed by atoms with E-state index in [2.05, 4.69) is 15.3 Å². The van der Waals surface area contributed by atoms with E-state index in [0.717, 1.165) is 35.1 Å². The van der Waals surface area contributed by atoms with E-state index in [4.69, 9.17) is 0 Å². The quantitative estimate of drug-likeness (QED) is 0.680. The van der Waals surface area contributed by atoms with Crippen molar-refractivity contribution in [3.05, 3.63) is 17.5 Å². The van der Waals surface area contributed by atoms with Crippen LogP contribution in [0.15, 0.2) is 11.2 Å². The Morgan fingerprint density at radius 1 is 1.09 bits per heavy atom. The van der Waals surface area contributed by atoms with E-state index in [1.807, 2.05) is 19.9 Å². The number of nitrogens with one attached hydrogen (secondary N) is 1. The number of rotatable bonds is 4.